The molecule has 5 nitrogen and oxygen atoms in total. The number of hydrogen-bond donors (Lipinski definition) is 2. The molecule has 3 N–H and O–H groups in total. The summed E-state index contributed by atoms with van der Waals surface area (Å²) in [6.07, 6.45) is 5.17. The Hall–Kier alpha value is -1.11. The van der Waals surface area contributed by atoms with Gasteiger partial charge < -0.3 is 16.0 Å². The smallest absolute Gasteiger partial charge is 0.252 e. The third kappa shape index (κ3) is 3.57. The van der Waals surface area contributed by atoms with Crippen LogP contribution in [0.25, 0.3) is 0 Å². The number of nitrogens with two attached hydrogens (primary N) is 1. The molecule has 4 atom stereocenters. The third-order valence-electron chi connectivity index (χ3n) is 6.19. The lowest BCUT2D eigenvalue weighted by molar-refractivity contribution is -0.138. The predicted molar refractivity (Wildman–Crippen MR) is 101 cm³/mol. The van der Waals surface area contributed by atoms with Gasteiger partial charge >= 0.3 is 0 Å². The third-order valence-corrected chi connectivity index (χ3v) is 6.87. The van der Waals surface area contributed by atoms with Gasteiger partial charge in [0, 0.05) is 36.1 Å². The molecule has 2 heterocycles. The lowest BCUT2D eigenvalue weighted by Gasteiger charge is -2.37. The zero-order chi connectivity index (χ0) is 16.7. The van der Waals surface area contributed by atoms with Crippen LogP contribution in [-0.2, 0) is 4.79 Å². The van der Waals surface area contributed by atoms with E-state index < -0.39 is 0 Å². The molecule has 25 heavy (non-hydrogen) atoms. The molecule has 0 radical (unpaired) electrons. The average molecular weight is 384 g/mol. The van der Waals surface area contributed by atoms with E-state index >= 15 is 0 Å². The van der Waals surface area contributed by atoms with Crippen molar-refractivity contribution in [1.29, 1.82) is 0 Å². The molecule has 4 rings (SSSR count). The van der Waals surface area contributed by atoms with Crippen molar-refractivity contribution in [3.63, 3.8) is 0 Å². The van der Waals surface area contributed by atoms with Gasteiger partial charge in [0.1, 0.15) is 0 Å². The largest absolute Gasteiger partial charge is 0.349 e. The molecule has 1 saturated heterocycles. The van der Waals surface area contributed by atoms with Crippen molar-refractivity contribution in [3.8, 4) is 0 Å². The Balaban J connectivity index is 0.00000182. The van der Waals surface area contributed by atoms with E-state index in [0.717, 1.165) is 37.9 Å². The fourth-order valence-electron chi connectivity index (χ4n) is 4.82. The molecule has 1 aromatic heterocycles. The minimum atomic E-state index is -0.00356. The second-order valence-electron chi connectivity index (χ2n) is 7.52. The first-order valence-electron chi connectivity index (χ1n) is 9.01. The topological polar surface area (TPSA) is 75.4 Å². The van der Waals surface area contributed by atoms with Crippen LogP contribution in [0.4, 0.5) is 0 Å². The van der Waals surface area contributed by atoms with Gasteiger partial charge in [0.05, 0.1) is 5.92 Å². The highest BCUT2D eigenvalue weighted by Crippen LogP contribution is 2.48. The van der Waals surface area contributed by atoms with E-state index in [0.29, 0.717) is 11.8 Å². The van der Waals surface area contributed by atoms with Crippen LogP contribution < -0.4 is 11.1 Å². The maximum absolute atomic E-state index is 12.9. The summed E-state index contributed by atoms with van der Waals surface area (Å²) in [7, 11) is 0. The molecule has 2 amide bonds. The Morgan fingerprint density at radius 2 is 1.88 bits per heavy atom. The van der Waals surface area contributed by atoms with E-state index in [1.165, 1.54) is 24.2 Å². The van der Waals surface area contributed by atoms with Gasteiger partial charge in [-0.2, -0.15) is 11.3 Å². The highest BCUT2D eigenvalue weighted by Gasteiger charge is 2.50. The summed E-state index contributed by atoms with van der Waals surface area (Å²) < 4.78 is 0. The van der Waals surface area contributed by atoms with Crippen LogP contribution in [0.3, 0.4) is 0 Å². The number of carbonyl (C=O) groups excluding carboxylic acids is 2. The van der Waals surface area contributed by atoms with Crippen LogP contribution in [-0.4, -0.2) is 41.9 Å². The van der Waals surface area contributed by atoms with Crippen molar-refractivity contribution in [2.75, 3.05) is 13.1 Å². The van der Waals surface area contributed by atoms with Crippen molar-refractivity contribution in [2.45, 2.75) is 44.2 Å². The lowest BCUT2D eigenvalue weighted by Crippen LogP contribution is -2.51. The summed E-state index contributed by atoms with van der Waals surface area (Å²) in [4.78, 5) is 27.0. The van der Waals surface area contributed by atoms with Crippen molar-refractivity contribution < 1.29 is 9.59 Å². The molecular weight excluding hydrogens is 358 g/mol. The first kappa shape index (κ1) is 18.7. The molecule has 3 fully saturated rings. The number of nitrogens with zero attached hydrogens (tertiary/aromatic N) is 1. The van der Waals surface area contributed by atoms with Gasteiger partial charge in [-0.1, -0.05) is 0 Å². The molecule has 3 aliphatic rings. The standard InChI is InChI=1S/C18H25N3O2S.ClH/c19-16-12-2-1-11(9-12)15(16)18(23)21-6-3-14(4-7-21)20-17(22)13-5-8-24-10-13;/h5,8,10-12,14-16H,1-4,6-7,9,19H2,(H,20,22);1H. The summed E-state index contributed by atoms with van der Waals surface area (Å²) >= 11 is 1.53. The van der Waals surface area contributed by atoms with Crippen molar-refractivity contribution in [3.05, 3.63) is 22.4 Å². The average Bonchev–Trinajstić information content (AvgIpc) is 3.32. The van der Waals surface area contributed by atoms with Gasteiger partial charge in [0.15, 0.2) is 0 Å². The number of halogens is 1. The van der Waals surface area contributed by atoms with Crippen LogP contribution in [0.2, 0.25) is 0 Å². The number of nitrogens with one attached hydrogen (secondary N) is 1. The van der Waals surface area contributed by atoms with Gasteiger partial charge in [-0.05, 0) is 55.4 Å². The number of thiophene rings is 1. The molecule has 138 valence electrons. The minimum absolute atomic E-state index is 0. The Kier molecular flexibility index (Phi) is 5.71. The van der Waals surface area contributed by atoms with Gasteiger partial charge in [-0.3, -0.25) is 9.59 Å². The molecule has 2 aliphatic carbocycles. The summed E-state index contributed by atoms with van der Waals surface area (Å²) in [6, 6.07) is 2.07. The molecule has 2 bridgehead atoms. The molecular formula is C18H26ClN3O2S. The zero-order valence-corrected chi connectivity index (χ0v) is 15.9. The lowest BCUT2D eigenvalue weighted by atomic mass is 9.83. The van der Waals surface area contributed by atoms with Gasteiger partial charge in [0.2, 0.25) is 5.91 Å². The number of piperidine rings is 1. The van der Waals surface area contributed by atoms with E-state index in [-0.39, 0.29) is 42.2 Å². The number of rotatable bonds is 3. The number of fused-ring (bicyclic) bond motifs is 2. The van der Waals surface area contributed by atoms with Crippen LogP contribution in [0, 0.1) is 17.8 Å². The van der Waals surface area contributed by atoms with Crippen LogP contribution in [0.5, 0.6) is 0 Å². The maximum atomic E-state index is 12.9. The van der Waals surface area contributed by atoms with Crippen molar-refractivity contribution >= 4 is 35.6 Å². The van der Waals surface area contributed by atoms with E-state index in [2.05, 4.69) is 5.32 Å². The van der Waals surface area contributed by atoms with Gasteiger partial charge in [-0.15, -0.1) is 12.4 Å². The first-order chi connectivity index (χ1) is 11.6. The van der Waals surface area contributed by atoms with Crippen LogP contribution >= 0.6 is 23.7 Å². The first-order valence-corrected chi connectivity index (χ1v) is 9.95. The molecule has 0 spiro atoms. The van der Waals surface area contributed by atoms with Crippen LogP contribution in [0.15, 0.2) is 16.8 Å². The van der Waals surface area contributed by atoms with E-state index in [1.54, 1.807) is 0 Å². The Labute approximate surface area is 158 Å². The predicted octanol–water partition coefficient (Wildman–Crippen LogP) is 2.26. The molecule has 1 aliphatic heterocycles. The summed E-state index contributed by atoms with van der Waals surface area (Å²) in [5.74, 6) is 1.37. The highest BCUT2D eigenvalue weighted by molar-refractivity contribution is 7.08. The molecule has 2 saturated carbocycles. The van der Waals surface area contributed by atoms with E-state index in [4.69, 9.17) is 5.73 Å². The van der Waals surface area contributed by atoms with Gasteiger partial charge in [0.25, 0.3) is 5.91 Å². The Morgan fingerprint density at radius 3 is 2.48 bits per heavy atom. The minimum Gasteiger partial charge on any atom is -0.349 e. The highest BCUT2D eigenvalue weighted by atomic mass is 35.5. The van der Waals surface area contributed by atoms with Crippen LogP contribution in [0.1, 0.15) is 42.5 Å². The van der Waals surface area contributed by atoms with Crippen molar-refractivity contribution in [2.24, 2.45) is 23.5 Å². The normalized spacial score (nSPS) is 31.6. The summed E-state index contributed by atoms with van der Waals surface area (Å²) in [6.45, 7) is 1.46. The quantitative estimate of drug-likeness (QED) is 0.840. The molecule has 4 unspecified atom stereocenters. The Morgan fingerprint density at radius 1 is 1.16 bits per heavy atom. The monoisotopic (exact) mass is 383 g/mol. The van der Waals surface area contributed by atoms with E-state index in [9.17, 15) is 9.59 Å². The molecule has 0 aromatic carbocycles. The zero-order valence-electron chi connectivity index (χ0n) is 14.2. The fraction of sp³-hybridized carbons (Fsp3) is 0.667. The summed E-state index contributed by atoms with van der Waals surface area (Å²) in [5.41, 5.74) is 7.04. The second-order valence-corrected chi connectivity index (χ2v) is 8.30. The Bertz CT molecular complexity index is 614. The number of amides is 2. The number of carbonyl (C=O) groups is 2. The second kappa shape index (κ2) is 7.64. The SMILES string of the molecule is Cl.NC1C2CCC(C2)C1C(=O)N1CCC(NC(=O)c2ccsc2)CC1. The van der Waals surface area contributed by atoms with Gasteiger partial charge in [-0.25, -0.2) is 0 Å². The number of likely N-dealkylation sites (tertiary alicyclic amines) is 1. The van der Waals surface area contributed by atoms with E-state index in [1.807, 2.05) is 21.7 Å². The molecule has 7 heteroatoms. The maximum Gasteiger partial charge on any atom is 0.252 e. The summed E-state index contributed by atoms with van der Waals surface area (Å²) in [5, 5.41) is 6.87. The number of hydrogen-bond acceptors (Lipinski definition) is 4. The van der Waals surface area contributed by atoms with Crippen molar-refractivity contribution in [1.82, 2.24) is 10.2 Å². The fourth-order valence-corrected chi connectivity index (χ4v) is 5.46. The molecule has 1 aromatic rings.